The highest BCUT2D eigenvalue weighted by atomic mass is 16.7. The van der Waals surface area contributed by atoms with Crippen LogP contribution < -0.4 is 19.5 Å². The van der Waals surface area contributed by atoms with Gasteiger partial charge in [-0.2, -0.15) is 0 Å². The Morgan fingerprint density at radius 1 is 1.26 bits per heavy atom. The minimum atomic E-state index is 0.245. The normalized spacial score (nSPS) is 12.7. The summed E-state index contributed by atoms with van der Waals surface area (Å²) in [6.07, 6.45) is 1.67. The van der Waals surface area contributed by atoms with E-state index in [1.54, 1.807) is 13.4 Å². The first-order valence-corrected chi connectivity index (χ1v) is 6.06. The first kappa shape index (κ1) is 11.9. The standard InChI is InChI=1S/C14H15NO4/c1-16-12-5-10(6-13-14(12)19-9-18-13)7-15-8-11-3-2-4-17-11/h2-6,15H,7-9H2,1H3. The van der Waals surface area contributed by atoms with E-state index in [0.29, 0.717) is 24.6 Å². The second-order valence-electron chi connectivity index (χ2n) is 4.21. The minimum absolute atomic E-state index is 0.245. The summed E-state index contributed by atoms with van der Waals surface area (Å²) in [6.45, 7) is 1.63. The van der Waals surface area contributed by atoms with Gasteiger partial charge >= 0.3 is 0 Å². The second-order valence-corrected chi connectivity index (χ2v) is 4.21. The molecule has 2 aromatic rings. The lowest BCUT2D eigenvalue weighted by Gasteiger charge is -2.08. The molecule has 0 radical (unpaired) electrons. The second kappa shape index (κ2) is 5.24. The van der Waals surface area contributed by atoms with Gasteiger partial charge in [-0.3, -0.25) is 0 Å². The van der Waals surface area contributed by atoms with Gasteiger partial charge in [-0.1, -0.05) is 0 Å². The summed E-state index contributed by atoms with van der Waals surface area (Å²) in [5.74, 6) is 3.02. The van der Waals surface area contributed by atoms with Crippen molar-refractivity contribution < 1.29 is 18.6 Å². The highest BCUT2D eigenvalue weighted by Gasteiger charge is 2.19. The molecule has 5 heteroatoms. The van der Waals surface area contributed by atoms with Crippen molar-refractivity contribution in [1.29, 1.82) is 0 Å². The van der Waals surface area contributed by atoms with E-state index in [4.69, 9.17) is 18.6 Å². The van der Waals surface area contributed by atoms with Gasteiger partial charge in [0.05, 0.1) is 19.9 Å². The fourth-order valence-electron chi connectivity index (χ4n) is 2.03. The summed E-state index contributed by atoms with van der Waals surface area (Å²) in [5.41, 5.74) is 1.08. The SMILES string of the molecule is COc1cc(CNCc2ccco2)cc2c1OCO2. The molecule has 19 heavy (non-hydrogen) atoms. The van der Waals surface area contributed by atoms with Crippen LogP contribution >= 0.6 is 0 Å². The van der Waals surface area contributed by atoms with Crippen LogP contribution in [0.15, 0.2) is 34.9 Å². The van der Waals surface area contributed by atoms with Gasteiger partial charge in [-0.25, -0.2) is 0 Å². The highest BCUT2D eigenvalue weighted by Crippen LogP contribution is 2.41. The molecule has 1 N–H and O–H groups in total. The van der Waals surface area contributed by atoms with Crippen LogP contribution in [-0.2, 0) is 13.1 Å². The smallest absolute Gasteiger partial charge is 0.231 e. The Balaban J connectivity index is 1.68. The van der Waals surface area contributed by atoms with Gasteiger partial charge in [0, 0.05) is 6.54 Å². The third-order valence-corrected chi connectivity index (χ3v) is 2.93. The summed E-state index contributed by atoms with van der Waals surface area (Å²) in [7, 11) is 1.62. The van der Waals surface area contributed by atoms with E-state index in [9.17, 15) is 0 Å². The van der Waals surface area contributed by atoms with Crippen molar-refractivity contribution in [2.45, 2.75) is 13.1 Å². The lowest BCUT2D eigenvalue weighted by atomic mass is 10.2. The summed E-state index contributed by atoms with van der Waals surface area (Å²) in [6, 6.07) is 7.72. The maximum atomic E-state index is 5.39. The van der Waals surface area contributed by atoms with Gasteiger partial charge < -0.3 is 23.9 Å². The lowest BCUT2D eigenvalue weighted by Crippen LogP contribution is -2.12. The molecule has 1 aliphatic heterocycles. The van der Waals surface area contributed by atoms with Crippen LogP contribution in [0.2, 0.25) is 0 Å². The van der Waals surface area contributed by atoms with Gasteiger partial charge in [-0.15, -0.1) is 0 Å². The number of nitrogens with one attached hydrogen (secondary N) is 1. The average molecular weight is 261 g/mol. The molecule has 100 valence electrons. The topological polar surface area (TPSA) is 52.9 Å². The van der Waals surface area contributed by atoms with Crippen LogP contribution in [-0.4, -0.2) is 13.9 Å². The third-order valence-electron chi connectivity index (χ3n) is 2.93. The molecule has 0 amide bonds. The number of hydrogen-bond donors (Lipinski definition) is 1. The van der Waals surface area contributed by atoms with E-state index in [1.807, 2.05) is 24.3 Å². The van der Waals surface area contributed by atoms with Crippen LogP contribution in [0.4, 0.5) is 0 Å². The predicted octanol–water partition coefficient (Wildman–Crippen LogP) is 2.31. The van der Waals surface area contributed by atoms with E-state index in [0.717, 1.165) is 17.1 Å². The zero-order chi connectivity index (χ0) is 13.1. The van der Waals surface area contributed by atoms with Crippen LogP contribution in [0.5, 0.6) is 17.2 Å². The maximum absolute atomic E-state index is 5.39. The molecule has 0 spiro atoms. The van der Waals surface area contributed by atoms with Crippen molar-refractivity contribution >= 4 is 0 Å². The van der Waals surface area contributed by atoms with Crippen molar-refractivity contribution in [1.82, 2.24) is 5.32 Å². The molecule has 2 heterocycles. The zero-order valence-corrected chi connectivity index (χ0v) is 10.6. The fraction of sp³-hybridized carbons (Fsp3) is 0.286. The summed E-state index contributed by atoms with van der Waals surface area (Å²) < 4.78 is 21.3. The van der Waals surface area contributed by atoms with Gasteiger partial charge in [0.1, 0.15) is 5.76 Å². The van der Waals surface area contributed by atoms with Crippen LogP contribution in [0.25, 0.3) is 0 Å². The van der Waals surface area contributed by atoms with E-state index in [2.05, 4.69) is 5.32 Å². The van der Waals surface area contributed by atoms with Gasteiger partial charge in [0.25, 0.3) is 0 Å². The van der Waals surface area contributed by atoms with Gasteiger partial charge in [0.15, 0.2) is 11.5 Å². The van der Waals surface area contributed by atoms with E-state index in [1.165, 1.54) is 0 Å². The summed E-state index contributed by atoms with van der Waals surface area (Å²) >= 11 is 0. The molecule has 1 aromatic carbocycles. The molecule has 5 nitrogen and oxygen atoms in total. The number of furan rings is 1. The Labute approximate surface area is 111 Å². The average Bonchev–Trinajstić information content (AvgIpc) is 3.08. The van der Waals surface area contributed by atoms with Crippen molar-refractivity contribution in [2.24, 2.45) is 0 Å². The minimum Gasteiger partial charge on any atom is -0.493 e. The predicted molar refractivity (Wildman–Crippen MR) is 68.4 cm³/mol. The molecular weight excluding hydrogens is 246 g/mol. The molecule has 0 atom stereocenters. The Hall–Kier alpha value is -2.14. The number of ether oxygens (including phenoxy) is 3. The molecule has 0 aliphatic carbocycles. The molecule has 1 aliphatic rings. The monoisotopic (exact) mass is 261 g/mol. The molecule has 0 saturated carbocycles. The quantitative estimate of drug-likeness (QED) is 0.895. The molecule has 0 bridgehead atoms. The summed E-state index contributed by atoms with van der Waals surface area (Å²) in [5, 5.41) is 3.30. The zero-order valence-electron chi connectivity index (χ0n) is 10.6. The Morgan fingerprint density at radius 2 is 2.21 bits per heavy atom. The number of methoxy groups -OCH3 is 1. The van der Waals surface area contributed by atoms with Crippen LogP contribution in [0.3, 0.4) is 0 Å². The van der Waals surface area contributed by atoms with E-state index in [-0.39, 0.29) is 6.79 Å². The van der Waals surface area contributed by atoms with Crippen LogP contribution in [0.1, 0.15) is 11.3 Å². The van der Waals surface area contributed by atoms with E-state index < -0.39 is 0 Å². The maximum Gasteiger partial charge on any atom is 0.231 e. The molecule has 0 unspecified atom stereocenters. The Morgan fingerprint density at radius 3 is 3.00 bits per heavy atom. The summed E-state index contributed by atoms with van der Waals surface area (Å²) in [4.78, 5) is 0. The number of hydrogen-bond acceptors (Lipinski definition) is 5. The van der Waals surface area contributed by atoms with Gasteiger partial charge in [-0.05, 0) is 29.8 Å². The molecule has 3 rings (SSSR count). The van der Waals surface area contributed by atoms with Crippen LogP contribution in [0, 0.1) is 0 Å². The van der Waals surface area contributed by atoms with Crippen molar-refractivity contribution in [3.8, 4) is 17.2 Å². The fourth-order valence-corrected chi connectivity index (χ4v) is 2.03. The number of rotatable bonds is 5. The van der Waals surface area contributed by atoms with Crippen molar-refractivity contribution in [3.05, 3.63) is 41.9 Å². The Bertz CT molecular complexity index is 551. The van der Waals surface area contributed by atoms with E-state index >= 15 is 0 Å². The molecule has 0 fully saturated rings. The lowest BCUT2D eigenvalue weighted by molar-refractivity contribution is 0.171. The molecular formula is C14H15NO4. The number of fused-ring (bicyclic) bond motifs is 1. The highest BCUT2D eigenvalue weighted by molar-refractivity contribution is 5.55. The first-order valence-electron chi connectivity index (χ1n) is 6.06. The Kier molecular flexibility index (Phi) is 3.29. The van der Waals surface area contributed by atoms with Crippen molar-refractivity contribution in [2.75, 3.05) is 13.9 Å². The van der Waals surface area contributed by atoms with Crippen molar-refractivity contribution in [3.63, 3.8) is 0 Å². The number of benzene rings is 1. The third kappa shape index (κ3) is 2.51. The van der Waals surface area contributed by atoms with Gasteiger partial charge in [0.2, 0.25) is 12.5 Å². The molecule has 0 saturated heterocycles. The largest absolute Gasteiger partial charge is 0.493 e. The molecule has 1 aromatic heterocycles. The first-order chi connectivity index (χ1) is 9.36.